The summed E-state index contributed by atoms with van der Waals surface area (Å²) in [6, 6.07) is 25.0. The molecule has 3 aromatic rings. The molecule has 0 bridgehead atoms. The fourth-order valence-electron chi connectivity index (χ4n) is 4.21. The van der Waals surface area contributed by atoms with Gasteiger partial charge in [-0.3, -0.25) is 9.69 Å². The molecule has 1 saturated heterocycles. The topological polar surface area (TPSA) is 84.7 Å². The molecule has 1 saturated carbocycles. The molecule has 2 atom stereocenters. The van der Waals surface area contributed by atoms with Crippen LogP contribution in [0.25, 0.3) is 0 Å². The third-order valence-corrected chi connectivity index (χ3v) is 6.07. The number of carbonyl (C=O) groups excluding carboxylic acids is 2. The highest BCUT2D eigenvalue weighted by Gasteiger charge is 2.52. The van der Waals surface area contributed by atoms with E-state index < -0.39 is 0 Å². The zero-order valence-electron chi connectivity index (χ0n) is 17.4. The number of amides is 2. The summed E-state index contributed by atoms with van der Waals surface area (Å²) in [6.45, 7) is 0.842. The highest BCUT2D eigenvalue weighted by atomic mass is 35.5. The summed E-state index contributed by atoms with van der Waals surface area (Å²) >= 11 is 0. The Morgan fingerprint density at radius 2 is 1.78 bits per heavy atom. The zero-order chi connectivity index (χ0) is 21.4. The summed E-state index contributed by atoms with van der Waals surface area (Å²) in [5, 5.41) is 2.92. The van der Waals surface area contributed by atoms with Crippen LogP contribution in [0.2, 0.25) is 0 Å². The molecule has 2 amide bonds. The summed E-state index contributed by atoms with van der Waals surface area (Å²) in [7, 11) is 0. The van der Waals surface area contributed by atoms with Gasteiger partial charge in [0.2, 0.25) is 0 Å². The van der Waals surface area contributed by atoms with Crippen molar-refractivity contribution in [2.24, 2.45) is 5.73 Å². The van der Waals surface area contributed by atoms with E-state index in [9.17, 15) is 9.59 Å². The van der Waals surface area contributed by atoms with Crippen LogP contribution >= 0.6 is 12.4 Å². The van der Waals surface area contributed by atoms with Gasteiger partial charge < -0.3 is 15.8 Å². The Morgan fingerprint density at radius 3 is 2.47 bits per heavy atom. The second kappa shape index (κ2) is 8.65. The lowest BCUT2D eigenvalue weighted by atomic mass is 9.99. The van der Waals surface area contributed by atoms with Crippen LogP contribution in [0.1, 0.15) is 33.8 Å². The Bertz CT molecular complexity index is 1140. The first-order valence-electron chi connectivity index (χ1n) is 10.3. The minimum Gasteiger partial charge on any atom is -0.447 e. The number of rotatable bonds is 5. The van der Waals surface area contributed by atoms with Crippen molar-refractivity contribution in [1.29, 1.82) is 0 Å². The number of nitrogens with one attached hydrogen (secondary N) is 1. The number of hydrogen-bond donors (Lipinski definition) is 2. The number of halogens is 1. The third kappa shape index (κ3) is 4.07. The quantitative estimate of drug-likeness (QED) is 0.593. The van der Waals surface area contributed by atoms with Crippen molar-refractivity contribution in [3.63, 3.8) is 0 Å². The van der Waals surface area contributed by atoms with Crippen LogP contribution in [0.3, 0.4) is 0 Å². The van der Waals surface area contributed by atoms with Gasteiger partial charge >= 0.3 is 6.09 Å². The Balaban J connectivity index is 0.00000245. The van der Waals surface area contributed by atoms with E-state index in [0.717, 1.165) is 12.0 Å². The number of hydrogen-bond acceptors (Lipinski definition) is 4. The second-order valence-corrected chi connectivity index (χ2v) is 8.06. The van der Waals surface area contributed by atoms with Crippen LogP contribution in [-0.4, -0.2) is 25.2 Å². The number of anilines is 2. The standard InChI is InChI=1S/C25H23N3O3.ClH/c26-25(19-6-2-1-3-7-19)16-22(25)17-9-11-20(12-10-17)27-23(29)18-5-4-8-21(15-18)28-13-14-31-24(28)30;/h1-12,15,22H,13-14,16,26H2,(H,27,29);1H/t22-,25+;/m0./s1. The van der Waals surface area contributed by atoms with Gasteiger partial charge in [0.25, 0.3) is 5.91 Å². The SMILES string of the molecule is Cl.N[C@@]1(c2ccccc2)C[C@H]1c1ccc(NC(=O)c2cccc(N3CCOC3=O)c2)cc1. The molecule has 1 heterocycles. The number of benzene rings is 3. The van der Waals surface area contributed by atoms with Crippen molar-refractivity contribution in [3.8, 4) is 0 Å². The molecular weight excluding hydrogens is 426 g/mol. The molecule has 0 aromatic heterocycles. The minimum atomic E-state index is -0.389. The number of ether oxygens (including phenoxy) is 1. The van der Waals surface area contributed by atoms with Gasteiger partial charge in [-0.15, -0.1) is 12.4 Å². The Labute approximate surface area is 192 Å². The average molecular weight is 450 g/mol. The van der Waals surface area contributed by atoms with Crippen molar-refractivity contribution < 1.29 is 14.3 Å². The number of nitrogens with two attached hydrogens (primary N) is 1. The lowest BCUT2D eigenvalue weighted by Gasteiger charge is -2.14. The second-order valence-electron chi connectivity index (χ2n) is 8.06. The first-order chi connectivity index (χ1) is 15.0. The first kappa shape index (κ1) is 21.9. The molecule has 164 valence electrons. The molecule has 2 fully saturated rings. The number of carbonyl (C=O) groups is 2. The van der Waals surface area contributed by atoms with Crippen molar-refractivity contribution in [3.05, 3.63) is 95.6 Å². The lowest BCUT2D eigenvalue weighted by Crippen LogP contribution is -2.23. The number of nitrogens with zero attached hydrogens (tertiary/aromatic N) is 1. The maximum Gasteiger partial charge on any atom is 0.414 e. The minimum absolute atomic E-state index is 0. The first-order valence-corrected chi connectivity index (χ1v) is 10.3. The highest BCUT2D eigenvalue weighted by molar-refractivity contribution is 6.05. The van der Waals surface area contributed by atoms with Gasteiger partial charge in [-0.2, -0.15) is 0 Å². The molecule has 1 aliphatic carbocycles. The van der Waals surface area contributed by atoms with Crippen molar-refractivity contribution in [2.75, 3.05) is 23.4 Å². The molecular formula is C25H24ClN3O3. The van der Waals surface area contributed by atoms with E-state index in [4.69, 9.17) is 10.5 Å². The average Bonchev–Trinajstić information content (AvgIpc) is 3.32. The molecule has 3 N–H and O–H groups in total. The van der Waals surface area contributed by atoms with Crippen LogP contribution in [0.15, 0.2) is 78.9 Å². The molecule has 2 aliphatic rings. The largest absolute Gasteiger partial charge is 0.447 e. The lowest BCUT2D eigenvalue weighted by molar-refractivity contribution is 0.102. The van der Waals surface area contributed by atoms with Gasteiger partial charge in [0, 0.05) is 28.4 Å². The molecule has 0 unspecified atom stereocenters. The number of cyclic esters (lactones) is 1. The summed E-state index contributed by atoms with van der Waals surface area (Å²) in [4.78, 5) is 26.0. The summed E-state index contributed by atoms with van der Waals surface area (Å²) in [5.74, 6) is 0.0441. The van der Waals surface area contributed by atoms with E-state index in [1.54, 1.807) is 24.3 Å². The van der Waals surface area contributed by atoms with Crippen LogP contribution < -0.4 is 16.0 Å². The van der Waals surface area contributed by atoms with Gasteiger partial charge in [0.15, 0.2) is 0 Å². The fraction of sp³-hybridized carbons (Fsp3) is 0.200. The Hall–Kier alpha value is -3.35. The van der Waals surface area contributed by atoms with Crippen LogP contribution in [-0.2, 0) is 10.3 Å². The zero-order valence-corrected chi connectivity index (χ0v) is 18.2. The summed E-state index contributed by atoms with van der Waals surface area (Å²) in [6.07, 6.45) is 0.522. The van der Waals surface area contributed by atoms with E-state index >= 15 is 0 Å². The smallest absolute Gasteiger partial charge is 0.414 e. The molecule has 6 nitrogen and oxygen atoms in total. The molecule has 32 heavy (non-hydrogen) atoms. The van der Waals surface area contributed by atoms with E-state index in [0.29, 0.717) is 30.1 Å². The molecule has 7 heteroatoms. The Kier molecular flexibility index (Phi) is 5.91. The van der Waals surface area contributed by atoms with Crippen LogP contribution in [0, 0.1) is 0 Å². The Morgan fingerprint density at radius 1 is 1.03 bits per heavy atom. The van der Waals surface area contributed by atoms with E-state index in [-0.39, 0.29) is 35.9 Å². The maximum absolute atomic E-state index is 12.7. The molecule has 3 aromatic carbocycles. The molecule has 0 spiro atoms. The van der Waals surface area contributed by atoms with E-state index in [1.165, 1.54) is 10.5 Å². The van der Waals surface area contributed by atoms with E-state index in [2.05, 4.69) is 17.4 Å². The third-order valence-electron chi connectivity index (χ3n) is 6.07. The predicted octanol–water partition coefficient (Wildman–Crippen LogP) is 4.66. The monoisotopic (exact) mass is 449 g/mol. The highest BCUT2D eigenvalue weighted by Crippen LogP contribution is 2.56. The normalized spacial score (nSPS) is 21.5. The van der Waals surface area contributed by atoms with E-state index in [1.807, 2.05) is 42.5 Å². The maximum atomic E-state index is 12.7. The van der Waals surface area contributed by atoms with Gasteiger partial charge in [0.1, 0.15) is 6.61 Å². The van der Waals surface area contributed by atoms with Crippen LogP contribution in [0.4, 0.5) is 16.2 Å². The van der Waals surface area contributed by atoms with Gasteiger partial charge in [0.05, 0.1) is 6.54 Å². The molecule has 5 rings (SSSR count). The van der Waals surface area contributed by atoms with Gasteiger partial charge in [-0.25, -0.2) is 4.79 Å². The molecule has 0 radical (unpaired) electrons. The van der Waals surface area contributed by atoms with Gasteiger partial charge in [-0.05, 0) is 47.9 Å². The fourth-order valence-corrected chi connectivity index (χ4v) is 4.21. The van der Waals surface area contributed by atoms with Crippen molar-refractivity contribution in [1.82, 2.24) is 0 Å². The van der Waals surface area contributed by atoms with Crippen molar-refractivity contribution >= 4 is 35.8 Å². The predicted molar refractivity (Wildman–Crippen MR) is 126 cm³/mol. The van der Waals surface area contributed by atoms with Crippen LogP contribution in [0.5, 0.6) is 0 Å². The summed E-state index contributed by atoms with van der Waals surface area (Å²) < 4.78 is 4.97. The van der Waals surface area contributed by atoms with Gasteiger partial charge in [-0.1, -0.05) is 48.5 Å². The summed E-state index contributed by atoms with van der Waals surface area (Å²) in [5.41, 5.74) is 10.5. The molecule has 1 aliphatic heterocycles. The van der Waals surface area contributed by atoms with Crippen molar-refractivity contribution in [2.45, 2.75) is 17.9 Å².